The second-order valence-corrected chi connectivity index (χ2v) is 9.44. The number of rotatable bonds is 9. The molecule has 8 heteroatoms. The van der Waals surface area contributed by atoms with Gasteiger partial charge in [-0.25, -0.2) is 4.39 Å². The molecule has 2 aromatic carbocycles. The lowest BCUT2D eigenvalue weighted by Crippen LogP contribution is -2.40. The number of aliphatic hydroxyl groups excluding tert-OH is 1. The molecule has 0 radical (unpaired) electrons. The first-order valence-corrected chi connectivity index (χ1v) is 11.2. The second-order valence-electron chi connectivity index (χ2n) is 9.44. The average Bonchev–Trinajstić information content (AvgIpc) is 3.42. The lowest BCUT2D eigenvalue weighted by Gasteiger charge is -2.28. The van der Waals surface area contributed by atoms with E-state index in [9.17, 15) is 9.50 Å². The highest BCUT2D eigenvalue weighted by atomic mass is 19.1. The predicted molar refractivity (Wildman–Crippen MR) is 122 cm³/mol. The fourth-order valence-corrected chi connectivity index (χ4v) is 3.81. The van der Waals surface area contributed by atoms with Gasteiger partial charge in [-0.05, 0) is 56.7 Å². The van der Waals surface area contributed by atoms with Crippen molar-refractivity contribution in [2.75, 3.05) is 26.5 Å². The van der Waals surface area contributed by atoms with E-state index < -0.39 is 6.10 Å². The number of ether oxygens (including phenoxy) is 3. The highest BCUT2D eigenvalue weighted by Crippen LogP contribution is 2.33. The molecule has 2 aromatic rings. The predicted octanol–water partition coefficient (Wildman–Crippen LogP) is 3.73. The maximum absolute atomic E-state index is 13.3. The number of hydrogen-bond donors (Lipinski definition) is 1. The van der Waals surface area contributed by atoms with Crippen LogP contribution in [-0.4, -0.2) is 60.0 Å². The normalized spacial score (nSPS) is 18.4. The Morgan fingerprint density at radius 3 is 2.67 bits per heavy atom. The molecule has 4 rings (SSSR count). The van der Waals surface area contributed by atoms with E-state index in [0.717, 1.165) is 22.6 Å². The van der Waals surface area contributed by atoms with Crippen LogP contribution in [-0.2, 0) is 16.1 Å². The van der Waals surface area contributed by atoms with Crippen molar-refractivity contribution in [1.82, 2.24) is 4.90 Å². The summed E-state index contributed by atoms with van der Waals surface area (Å²) in [6.45, 7) is 7.82. The van der Waals surface area contributed by atoms with Gasteiger partial charge in [0.1, 0.15) is 11.9 Å². The Hall–Kier alpha value is -2.68. The van der Waals surface area contributed by atoms with Crippen LogP contribution in [0, 0.1) is 5.82 Å². The summed E-state index contributed by atoms with van der Waals surface area (Å²) in [6.07, 6.45) is -0.198. The minimum atomic E-state index is -0.666. The third-order valence-corrected chi connectivity index (χ3v) is 5.40. The maximum Gasteiger partial charge on any atom is 0.231 e. The van der Waals surface area contributed by atoms with Gasteiger partial charge in [0.25, 0.3) is 0 Å². The lowest BCUT2D eigenvalue weighted by atomic mass is 10.0. The zero-order valence-electron chi connectivity index (χ0n) is 19.3. The summed E-state index contributed by atoms with van der Waals surface area (Å²) in [6, 6.07) is 12.1. The van der Waals surface area contributed by atoms with Gasteiger partial charge in [-0.3, -0.25) is 4.90 Å². The SMILES string of the molecule is CC(C)(C)OC[C@@H](O)CN(Cc1ccc(F)cc1)C[C@H]1CC(c2ccc3c(c2)OCO3)=NO1. The summed E-state index contributed by atoms with van der Waals surface area (Å²) >= 11 is 0. The van der Waals surface area contributed by atoms with Crippen molar-refractivity contribution in [1.29, 1.82) is 0 Å². The number of halogens is 1. The molecule has 0 unspecified atom stereocenters. The molecule has 2 aliphatic rings. The van der Waals surface area contributed by atoms with Crippen LogP contribution in [0.4, 0.5) is 4.39 Å². The van der Waals surface area contributed by atoms with Gasteiger partial charge in [0.15, 0.2) is 11.5 Å². The van der Waals surface area contributed by atoms with Crippen LogP contribution < -0.4 is 9.47 Å². The van der Waals surface area contributed by atoms with Gasteiger partial charge in [-0.15, -0.1) is 0 Å². The Labute approximate surface area is 193 Å². The quantitative estimate of drug-likeness (QED) is 0.618. The molecule has 2 heterocycles. The van der Waals surface area contributed by atoms with Crippen molar-refractivity contribution in [2.24, 2.45) is 5.16 Å². The lowest BCUT2D eigenvalue weighted by molar-refractivity contribution is -0.0600. The van der Waals surface area contributed by atoms with Crippen LogP contribution >= 0.6 is 0 Å². The molecule has 0 spiro atoms. The Morgan fingerprint density at radius 2 is 1.91 bits per heavy atom. The summed E-state index contributed by atoms with van der Waals surface area (Å²) in [4.78, 5) is 7.81. The third-order valence-electron chi connectivity index (χ3n) is 5.40. The van der Waals surface area contributed by atoms with Gasteiger partial charge in [-0.1, -0.05) is 17.3 Å². The summed E-state index contributed by atoms with van der Waals surface area (Å²) < 4.78 is 29.9. The van der Waals surface area contributed by atoms with E-state index in [-0.39, 0.29) is 30.9 Å². The molecule has 2 aliphatic heterocycles. The van der Waals surface area contributed by atoms with Crippen molar-refractivity contribution < 1.29 is 28.5 Å². The van der Waals surface area contributed by atoms with E-state index in [1.807, 2.05) is 39.0 Å². The number of benzene rings is 2. The molecule has 0 fully saturated rings. The molecule has 0 bridgehead atoms. The van der Waals surface area contributed by atoms with Gasteiger partial charge in [0.05, 0.1) is 24.0 Å². The fraction of sp³-hybridized carbons (Fsp3) is 0.480. The number of aliphatic hydroxyl groups is 1. The number of fused-ring (bicyclic) bond motifs is 1. The Kier molecular flexibility index (Phi) is 7.17. The van der Waals surface area contributed by atoms with Gasteiger partial charge >= 0.3 is 0 Å². The molecule has 178 valence electrons. The van der Waals surface area contributed by atoms with E-state index in [4.69, 9.17) is 19.0 Å². The summed E-state index contributed by atoms with van der Waals surface area (Å²) in [5, 5.41) is 14.9. The van der Waals surface area contributed by atoms with Crippen LogP contribution in [0.2, 0.25) is 0 Å². The molecule has 0 aromatic heterocycles. The zero-order valence-corrected chi connectivity index (χ0v) is 19.3. The van der Waals surface area contributed by atoms with Crippen LogP contribution in [0.1, 0.15) is 38.3 Å². The minimum absolute atomic E-state index is 0.165. The van der Waals surface area contributed by atoms with Crippen LogP contribution in [0.3, 0.4) is 0 Å². The summed E-state index contributed by atoms with van der Waals surface area (Å²) in [7, 11) is 0. The largest absolute Gasteiger partial charge is 0.454 e. The first kappa shape index (κ1) is 23.5. The Bertz CT molecular complexity index is 974. The molecule has 0 saturated carbocycles. The second kappa shape index (κ2) is 10.1. The molecule has 0 aliphatic carbocycles. The van der Waals surface area contributed by atoms with Gasteiger partial charge < -0.3 is 24.2 Å². The van der Waals surface area contributed by atoms with Crippen molar-refractivity contribution in [3.8, 4) is 11.5 Å². The molecule has 1 N–H and O–H groups in total. The monoisotopic (exact) mass is 458 g/mol. The van der Waals surface area contributed by atoms with Crippen LogP contribution in [0.25, 0.3) is 0 Å². The third kappa shape index (κ3) is 6.66. The smallest absolute Gasteiger partial charge is 0.231 e. The Balaban J connectivity index is 1.38. The first-order chi connectivity index (χ1) is 15.7. The maximum atomic E-state index is 13.3. The van der Waals surface area contributed by atoms with Crippen LogP contribution in [0.5, 0.6) is 11.5 Å². The molecule has 7 nitrogen and oxygen atoms in total. The van der Waals surface area contributed by atoms with Crippen molar-refractivity contribution in [2.45, 2.75) is 51.5 Å². The molecule has 0 amide bonds. The van der Waals surface area contributed by atoms with Crippen molar-refractivity contribution in [3.05, 3.63) is 59.4 Å². The molecule has 33 heavy (non-hydrogen) atoms. The summed E-state index contributed by atoms with van der Waals surface area (Å²) in [5.41, 5.74) is 2.40. The van der Waals surface area contributed by atoms with E-state index in [1.54, 1.807) is 12.1 Å². The molecule has 0 saturated heterocycles. The fourth-order valence-electron chi connectivity index (χ4n) is 3.81. The van der Waals surface area contributed by atoms with Crippen molar-refractivity contribution in [3.63, 3.8) is 0 Å². The Morgan fingerprint density at radius 1 is 1.15 bits per heavy atom. The average molecular weight is 459 g/mol. The number of oxime groups is 1. The molecule has 2 atom stereocenters. The standard InChI is InChI=1S/C25H31FN2O5/c1-25(2,3)32-15-20(29)13-28(12-17-4-7-19(26)8-5-17)14-21-11-22(27-33-21)18-6-9-23-24(10-18)31-16-30-23/h4-10,20-21,29H,11-16H2,1-3H3/t20-,21+/m0/s1. The molecular weight excluding hydrogens is 427 g/mol. The molecular formula is C25H31FN2O5. The van der Waals surface area contributed by atoms with Crippen LogP contribution in [0.15, 0.2) is 47.6 Å². The highest BCUT2D eigenvalue weighted by Gasteiger charge is 2.27. The van der Waals surface area contributed by atoms with Gasteiger partial charge in [-0.2, -0.15) is 0 Å². The first-order valence-electron chi connectivity index (χ1n) is 11.2. The number of nitrogens with zero attached hydrogens (tertiary/aromatic N) is 2. The van der Waals surface area contributed by atoms with E-state index in [0.29, 0.717) is 31.8 Å². The van der Waals surface area contributed by atoms with E-state index >= 15 is 0 Å². The highest BCUT2D eigenvalue weighted by molar-refractivity contribution is 6.01. The van der Waals surface area contributed by atoms with E-state index in [1.165, 1.54) is 12.1 Å². The summed E-state index contributed by atoms with van der Waals surface area (Å²) in [5.74, 6) is 1.16. The topological polar surface area (TPSA) is 72.8 Å². The van der Waals surface area contributed by atoms with Gasteiger partial charge in [0, 0.05) is 31.6 Å². The minimum Gasteiger partial charge on any atom is -0.454 e. The van der Waals surface area contributed by atoms with E-state index in [2.05, 4.69) is 10.1 Å². The van der Waals surface area contributed by atoms with Crippen molar-refractivity contribution >= 4 is 5.71 Å². The van der Waals surface area contributed by atoms with Gasteiger partial charge in [0.2, 0.25) is 6.79 Å². The zero-order chi connectivity index (χ0) is 23.4. The number of hydrogen-bond acceptors (Lipinski definition) is 7.